The second-order valence-electron chi connectivity index (χ2n) is 11.3. The summed E-state index contributed by atoms with van der Waals surface area (Å²) in [5.74, 6) is 0.163. The number of rotatable bonds is 12. The smallest absolute Gasteiger partial charge is 0.326 e. The van der Waals surface area contributed by atoms with Crippen molar-refractivity contribution in [3.63, 3.8) is 0 Å². The number of amides is 2. The Labute approximate surface area is 226 Å². The van der Waals surface area contributed by atoms with E-state index in [0.29, 0.717) is 44.8 Å². The molecule has 0 aromatic carbocycles. The van der Waals surface area contributed by atoms with Crippen LogP contribution in [0, 0.1) is 11.8 Å². The summed E-state index contributed by atoms with van der Waals surface area (Å²) < 4.78 is 0. The molecule has 38 heavy (non-hydrogen) atoms. The fraction of sp³-hybridized carbons (Fsp3) is 0.724. The molecule has 3 N–H and O–H groups in total. The Morgan fingerprint density at radius 3 is 2.87 bits per heavy atom. The summed E-state index contributed by atoms with van der Waals surface area (Å²) in [6, 6.07) is 3.46. The minimum absolute atomic E-state index is 0.0989. The van der Waals surface area contributed by atoms with Crippen molar-refractivity contribution in [3.8, 4) is 0 Å². The van der Waals surface area contributed by atoms with E-state index in [4.69, 9.17) is 4.98 Å². The molecular weight excluding hydrogens is 482 g/mol. The number of fused-ring (bicyclic) bond motifs is 1. The molecule has 3 atom stereocenters. The molecule has 9 nitrogen and oxygen atoms in total. The van der Waals surface area contributed by atoms with E-state index in [9.17, 15) is 19.5 Å². The Hall–Kier alpha value is -2.68. The molecule has 2 fully saturated rings. The SMILES string of the molecule is CCCCC(=O)N1CCCC(C(=O)NC(CCN2CCC(CCc3ccc4c(n3)NCCC4)C2)C(=O)O)C1. The number of nitrogens with zero attached hydrogens (tertiary/aromatic N) is 3. The molecule has 210 valence electrons. The average Bonchev–Trinajstić information content (AvgIpc) is 3.40. The Morgan fingerprint density at radius 2 is 2.05 bits per heavy atom. The number of carbonyl (C=O) groups excluding carboxylic acids is 2. The van der Waals surface area contributed by atoms with Crippen LogP contribution < -0.4 is 10.6 Å². The number of nitrogens with one attached hydrogen (secondary N) is 2. The zero-order chi connectivity index (χ0) is 26.9. The first-order chi connectivity index (χ1) is 18.4. The lowest BCUT2D eigenvalue weighted by atomic mass is 9.96. The second kappa shape index (κ2) is 13.9. The van der Waals surface area contributed by atoms with Gasteiger partial charge in [-0.1, -0.05) is 19.4 Å². The molecule has 3 aliphatic rings. The molecule has 4 heterocycles. The van der Waals surface area contributed by atoms with Crippen LogP contribution in [-0.2, 0) is 27.2 Å². The maximum atomic E-state index is 12.9. The number of pyridine rings is 1. The van der Waals surface area contributed by atoms with Gasteiger partial charge in [0.15, 0.2) is 0 Å². The molecule has 2 saturated heterocycles. The van der Waals surface area contributed by atoms with Crippen LogP contribution in [0.2, 0.25) is 0 Å². The number of unbranched alkanes of at least 4 members (excludes halogenated alkanes) is 1. The standard InChI is InChI=1S/C29H45N5O4/c1-2-3-8-26(35)34-16-5-7-23(20-34)28(36)32-25(29(37)38)14-18-33-17-13-21(19-33)9-11-24-12-10-22-6-4-15-30-27(22)31-24/h10,12,21,23,25H,2-9,11,13-20H2,1H3,(H,30,31)(H,32,36)(H,37,38). The maximum Gasteiger partial charge on any atom is 0.326 e. The zero-order valence-corrected chi connectivity index (χ0v) is 22.9. The number of carbonyl (C=O) groups is 3. The quantitative estimate of drug-likeness (QED) is 0.383. The van der Waals surface area contributed by atoms with Gasteiger partial charge in [-0.05, 0) is 81.9 Å². The molecule has 0 aliphatic carbocycles. The molecule has 0 radical (unpaired) electrons. The molecule has 0 spiro atoms. The number of aryl methyl sites for hydroxylation is 2. The van der Waals surface area contributed by atoms with E-state index < -0.39 is 12.0 Å². The van der Waals surface area contributed by atoms with Crippen LogP contribution in [0.3, 0.4) is 0 Å². The van der Waals surface area contributed by atoms with Crippen LogP contribution in [0.1, 0.15) is 76.0 Å². The van der Waals surface area contributed by atoms with Crippen LogP contribution in [0.5, 0.6) is 0 Å². The highest BCUT2D eigenvalue weighted by atomic mass is 16.4. The van der Waals surface area contributed by atoms with E-state index in [1.165, 1.54) is 5.56 Å². The minimum Gasteiger partial charge on any atom is -0.480 e. The number of carboxylic acid groups (broad SMARTS) is 1. The topological polar surface area (TPSA) is 115 Å². The number of aliphatic carboxylic acids is 1. The fourth-order valence-electron chi connectivity index (χ4n) is 5.97. The maximum absolute atomic E-state index is 12.9. The van der Waals surface area contributed by atoms with Crippen molar-refractivity contribution in [1.29, 1.82) is 0 Å². The number of carboxylic acids is 1. The van der Waals surface area contributed by atoms with Crippen molar-refractivity contribution >= 4 is 23.6 Å². The molecule has 1 aromatic rings. The molecular formula is C29H45N5O4. The molecule has 0 bridgehead atoms. The predicted molar refractivity (Wildman–Crippen MR) is 147 cm³/mol. The average molecular weight is 528 g/mol. The second-order valence-corrected chi connectivity index (χ2v) is 11.3. The summed E-state index contributed by atoms with van der Waals surface area (Å²) >= 11 is 0. The van der Waals surface area contributed by atoms with Gasteiger partial charge in [-0.25, -0.2) is 9.78 Å². The highest BCUT2D eigenvalue weighted by molar-refractivity contribution is 5.86. The van der Waals surface area contributed by atoms with Gasteiger partial charge in [0.05, 0.1) is 5.92 Å². The van der Waals surface area contributed by atoms with Gasteiger partial charge in [-0.3, -0.25) is 9.59 Å². The van der Waals surface area contributed by atoms with E-state index in [1.54, 1.807) is 4.90 Å². The van der Waals surface area contributed by atoms with Gasteiger partial charge in [0.1, 0.15) is 11.9 Å². The Balaban J connectivity index is 1.19. The Morgan fingerprint density at radius 1 is 1.18 bits per heavy atom. The lowest BCUT2D eigenvalue weighted by Gasteiger charge is -2.32. The van der Waals surface area contributed by atoms with Crippen molar-refractivity contribution in [2.45, 2.75) is 83.6 Å². The highest BCUT2D eigenvalue weighted by Crippen LogP contribution is 2.24. The number of hydrogen-bond donors (Lipinski definition) is 3. The summed E-state index contributed by atoms with van der Waals surface area (Å²) in [6.07, 6.45) is 9.60. The number of aromatic nitrogens is 1. The lowest BCUT2D eigenvalue weighted by molar-refractivity contribution is -0.144. The summed E-state index contributed by atoms with van der Waals surface area (Å²) in [6.45, 7) is 6.70. The van der Waals surface area contributed by atoms with Gasteiger partial charge in [-0.2, -0.15) is 0 Å². The van der Waals surface area contributed by atoms with Crippen molar-refractivity contribution in [2.75, 3.05) is 44.6 Å². The Bertz CT molecular complexity index is 970. The molecule has 3 aliphatic heterocycles. The number of piperidine rings is 1. The zero-order valence-electron chi connectivity index (χ0n) is 22.9. The van der Waals surface area contributed by atoms with Crippen molar-refractivity contribution in [1.82, 2.24) is 20.1 Å². The highest BCUT2D eigenvalue weighted by Gasteiger charge is 2.31. The minimum atomic E-state index is -0.993. The number of likely N-dealkylation sites (tertiary alicyclic amines) is 2. The van der Waals surface area contributed by atoms with Gasteiger partial charge >= 0.3 is 5.97 Å². The Kier molecular flexibility index (Phi) is 10.4. The third-order valence-corrected chi connectivity index (χ3v) is 8.37. The van der Waals surface area contributed by atoms with Crippen LogP contribution in [0.15, 0.2) is 12.1 Å². The van der Waals surface area contributed by atoms with E-state index in [1.807, 2.05) is 0 Å². The molecule has 0 saturated carbocycles. The normalized spacial score (nSPS) is 22.4. The van der Waals surface area contributed by atoms with Crippen LogP contribution in [-0.4, -0.2) is 83.0 Å². The summed E-state index contributed by atoms with van der Waals surface area (Å²) in [4.78, 5) is 46.2. The predicted octanol–water partition coefficient (Wildman–Crippen LogP) is 3.08. The van der Waals surface area contributed by atoms with Crippen LogP contribution >= 0.6 is 0 Å². The van der Waals surface area contributed by atoms with E-state index >= 15 is 0 Å². The first-order valence-electron chi connectivity index (χ1n) is 14.7. The third kappa shape index (κ3) is 7.91. The number of hydrogen-bond acceptors (Lipinski definition) is 6. The molecule has 9 heteroatoms. The summed E-state index contributed by atoms with van der Waals surface area (Å²) in [5.41, 5.74) is 2.45. The first-order valence-corrected chi connectivity index (χ1v) is 14.7. The van der Waals surface area contributed by atoms with Crippen molar-refractivity contribution in [3.05, 3.63) is 23.4 Å². The van der Waals surface area contributed by atoms with Gasteiger partial charge in [-0.15, -0.1) is 0 Å². The molecule has 4 rings (SSSR count). The fourth-order valence-corrected chi connectivity index (χ4v) is 5.97. The van der Waals surface area contributed by atoms with E-state index in [0.717, 1.165) is 82.5 Å². The van der Waals surface area contributed by atoms with Crippen LogP contribution in [0.25, 0.3) is 0 Å². The van der Waals surface area contributed by atoms with Crippen LogP contribution in [0.4, 0.5) is 5.82 Å². The first kappa shape index (κ1) is 28.3. The lowest BCUT2D eigenvalue weighted by Crippen LogP contribution is -2.50. The van der Waals surface area contributed by atoms with E-state index in [2.05, 4.69) is 34.6 Å². The largest absolute Gasteiger partial charge is 0.480 e. The van der Waals surface area contributed by atoms with E-state index in [-0.39, 0.29) is 17.7 Å². The summed E-state index contributed by atoms with van der Waals surface area (Å²) in [5, 5.41) is 16.0. The molecule has 2 amide bonds. The van der Waals surface area contributed by atoms with Gasteiger partial charge in [0, 0.05) is 44.8 Å². The van der Waals surface area contributed by atoms with Crippen molar-refractivity contribution in [2.24, 2.45) is 11.8 Å². The van der Waals surface area contributed by atoms with Gasteiger partial charge in [0.25, 0.3) is 0 Å². The molecule has 3 unspecified atom stereocenters. The number of anilines is 1. The van der Waals surface area contributed by atoms with Gasteiger partial charge in [0.2, 0.25) is 11.8 Å². The third-order valence-electron chi connectivity index (χ3n) is 8.37. The van der Waals surface area contributed by atoms with Crippen molar-refractivity contribution < 1.29 is 19.5 Å². The van der Waals surface area contributed by atoms with Gasteiger partial charge < -0.3 is 25.5 Å². The summed E-state index contributed by atoms with van der Waals surface area (Å²) in [7, 11) is 0. The molecule has 1 aromatic heterocycles. The monoisotopic (exact) mass is 527 g/mol.